The van der Waals surface area contributed by atoms with Gasteiger partial charge in [-0.15, -0.1) is 0 Å². The van der Waals surface area contributed by atoms with Crippen LogP contribution in [0.4, 0.5) is 10.3 Å². The molecule has 0 aliphatic carbocycles. The molecular formula is C20H15FN4O. The Hall–Kier alpha value is -3.54. The second-order valence-electron chi connectivity index (χ2n) is 5.78. The van der Waals surface area contributed by atoms with Crippen LogP contribution in [0.1, 0.15) is 5.56 Å². The largest absolute Gasteiger partial charge is 0.492 e. The lowest BCUT2D eigenvalue weighted by Crippen LogP contribution is -2.04. The van der Waals surface area contributed by atoms with Crippen molar-refractivity contribution in [2.24, 2.45) is 0 Å². The third-order valence-corrected chi connectivity index (χ3v) is 3.96. The number of pyridine rings is 1. The van der Waals surface area contributed by atoms with Gasteiger partial charge >= 0.3 is 0 Å². The number of rotatable bonds is 4. The summed E-state index contributed by atoms with van der Waals surface area (Å²) >= 11 is 0. The van der Waals surface area contributed by atoms with Gasteiger partial charge in [0.15, 0.2) is 5.52 Å². The first-order chi connectivity index (χ1) is 12.7. The van der Waals surface area contributed by atoms with Gasteiger partial charge < -0.3 is 10.4 Å². The zero-order chi connectivity index (χ0) is 17.9. The summed E-state index contributed by atoms with van der Waals surface area (Å²) in [5, 5.41) is 13.3. The van der Waals surface area contributed by atoms with Gasteiger partial charge in [-0.1, -0.05) is 30.3 Å². The maximum atomic E-state index is 13.1. The van der Waals surface area contributed by atoms with E-state index in [0.717, 1.165) is 11.1 Å². The van der Waals surface area contributed by atoms with E-state index in [1.54, 1.807) is 24.3 Å². The summed E-state index contributed by atoms with van der Waals surface area (Å²) in [4.78, 5) is 12.9. The van der Waals surface area contributed by atoms with Crippen molar-refractivity contribution >= 4 is 17.0 Å². The SMILES string of the molecule is Oc1nc(NCc2ccccc2)nc2ccc(-c3ccc(F)cc3)nc12. The van der Waals surface area contributed by atoms with E-state index in [2.05, 4.69) is 20.3 Å². The van der Waals surface area contributed by atoms with Gasteiger partial charge in [0.1, 0.15) is 5.82 Å². The number of aromatic hydroxyl groups is 1. The van der Waals surface area contributed by atoms with Gasteiger partial charge in [-0.05, 0) is 42.0 Å². The van der Waals surface area contributed by atoms with Crippen molar-refractivity contribution in [3.63, 3.8) is 0 Å². The number of hydrogen-bond donors (Lipinski definition) is 2. The molecule has 2 aromatic heterocycles. The van der Waals surface area contributed by atoms with E-state index in [1.165, 1.54) is 12.1 Å². The fraction of sp³-hybridized carbons (Fsp3) is 0.0500. The maximum Gasteiger partial charge on any atom is 0.243 e. The van der Waals surface area contributed by atoms with Crippen LogP contribution in [-0.4, -0.2) is 20.1 Å². The predicted octanol–water partition coefficient (Wildman–Crippen LogP) is 4.15. The molecule has 4 aromatic rings. The Bertz CT molecular complexity index is 1050. The van der Waals surface area contributed by atoms with Crippen LogP contribution in [0.5, 0.6) is 5.88 Å². The van der Waals surface area contributed by atoms with Gasteiger partial charge in [0.2, 0.25) is 11.8 Å². The number of aromatic nitrogens is 3. The van der Waals surface area contributed by atoms with Gasteiger partial charge in [0.05, 0.1) is 11.2 Å². The van der Waals surface area contributed by atoms with Crippen molar-refractivity contribution < 1.29 is 9.50 Å². The average molecular weight is 346 g/mol. The smallest absolute Gasteiger partial charge is 0.243 e. The fourth-order valence-electron chi connectivity index (χ4n) is 2.64. The van der Waals surface area contributed by atoms with E-state index in [-0.39, 0.29) is 11.7 Å². The van der Waals surface area contributed by atoms with Crippen molar-refractivity contribution in [3.05, 3.63) is 78.1 Å². The monoisotopic (exact) mass is 346 g/mol. The Kier molecular flexibility index (Phi) is 4.15. The summed E-state index contributed by atoms with van der Waals surface area (Å²) < 4.78 is 13.1. The van der Waals surface area contributed by atoms with E-state index in [0.29, 0.717) is 29.2 Å². The Balaban J connectivity index is 1.63. The van der Waals surface area contributed by atoms with Gasteiger partial charge in [-0.2, -0.15) is 4.98 Å². The van der Waals surface area contributed by atoms with Crippen molar-refractivity contribution in [2.75, 3.05) is 5.32 Å². The van der Waals surface area contributed by atoms with Gasteiger partial charge in [-0.3, -0.25) is 0 Å². The molecule has 0 spiro atoms. The molecule has 26 heavy (non-hydrogen) atoms. The summed E-state index contributed by atoms with van der Waals surface area (Å²) in [6.45, 7) is 0.548. The number of benzene rings is 2. The molecule has 0 saturated carbocycles. The minimum Gasteiger partial charge on any atom is -0.492 e. The van der Waals surface area contributed by atoms with Crippen LogP contribution in [0.25, 0.3) is 22.3 Å². The molecule has 5 nitrogen and oxygen atoms in total. The van der Waals surface area contributed by atoms with Crippen LogP contribution in [0.2, 0.25) is 0 Å². The number of fused-ring (bicyclic) bond motifs is 1. The predicted molar refractivity (Wildman–Crippen MR) is 98.2 cm³/mol. The molecule has 6 heteroatoms. The Labute approximate surface area is 149 Å². The molecule has 0 fully saturated rings. The molecule has 0 amide bonds. The van der Waals surface area contributed by atoms with E-state index < -0.39 is 0 Å². The van der Waals surface area contributed by atoms with Crippen molar-refractivity contribution in [2.45, 2.75) is 6.54 Å². The highest BCUT2D eigenvalue weighted by atomic mass is 19.1. The van der Waals surface area contributed by atoms with Crippen molar-refractivity contribution in [1.82, 2.24) is 15.0 Å². The fourth-order valence-corrected chi connectivity index (χ4v) is 2.64. The molecule has 2 heterocycles. The highest BCUT2D eigenvalue weighted by Gasteiger charge is 2.10. The summed E-state index contributed by atoms with van der Waals surface area (Å²) in [7, 11) is 0. The summed E-state index contributed by atoms with van der Waals surface area (Å²) in [6.07, 6.45) is 0. The third-order valence-electron chi connectivity index (χ3n) is 3.96. The van der Waals surface area contributed by atoms with Crippen LogP contribution in [-0.2, 0) is 6.54 Å². The van der Waals surface area contributed by atoms with Gasteiger partial charge in [-0.25, -0.2) is 14.4 Å². The highest BCUT2D eigenvalue weighted by Crippen LogP contribution is 2.25. The van der Waals surface area contributed by atoms with E-state index in [9.17, 15) is 9.50 Å². The Morgan fingerprint density at radius 2 is 1.62 bits per heavy atom. The molecule has 2 N–H and O–H groups in total. The summed E-state index contributed by atoms with van der Waals surface area (Å²) in [5.41, 5.74) is 3.27. The maximum absolute atomic E-state index is 13.1. The molecular weight excluding hydrogens is 331 g/mol. The number of anilines is 1. The minimum absolute atomic E-state index is 0.200. The Morgan fingerprint density at radius 3 is 2.38 bits per heavy atom. The quantitative estimate of drug-likeness (QED) is 0.581. The molecule has 0 bridgehead atoms. The van der Waals surface area contributed by atoms with E-state index in [1.807, 2.05) is 30.3 Å². The topological polar surface area (TPSA) is 70.9 Å². The first-order valence-electron chi connectivity index (χ1n) is 8.10. The first kappa shape index (κ1) is 16.0. The first-order valence-corrected chi connectivity index (χ1v) is 8.10. The zero-order valence-electron chi connectivity index (χ0n) is 13.7. The van der Waals surface area contributed by atoms with Crippen LogP contribution in [0.3, 0.4) is 0 Å². The van der Waals surface area contributed by atoms with Crippen LogP contribution < -0.4 is 5.32 Å². The lowest BCUT2D eigenvalue weighted by molar-refractivity contribution is 0.458. The molecule has 0 radical (unpaired) electrons. The van der Waals surface area contributed by atoms with Crippen molar-refractivity contribution in [1.29, 1.82) is 0 Å². The standard InChI is InChI=1S/C20H15FN4O/c21-15-8-6-14(7-9-15)16-10-11-17-18(23-16)19(26)25-20(24-17)22-12-13-4-2-1-3-5-13/h1-11H,12H2,(H2,22,24,25,26). The summed E-state index contributed by atoms with van der Waals surface area (Å²) in [5.74, 6) is -0.181. The molecule has 4 rings (SSSR count). The molecule has 0 saturated heterocycles. The van der Waals surface area contributed by atoms with E-state index in [4.69, 9.17) is 0 Å². The highest BCUT2D eigenvalue weighted by molar-refractivity contribution is 5.82. The molecule has 0 aliphatic rings. The van der Waals surface area contributed by atoms with Crippen LogP contribution in [0, 0.1) is 5.82 Å². The molecule has 2 aromatic carbocycles. The molecule has 0 unspecified atom stereocenters. The average Bonchev–Trinajstić information content (AvgIpc) is 2.68. The second kappa shape index (κ2) is 6.76. The molecule has 128 valence electrons. The number of hydrogen-bond acceptors (Lipinski definition) is 5. The molecule has 0 atom stereocenters. The number of nitrogens with one attached hydrogen (secondary N) is 1. The molecule has 0 aliphatic heterocycles. The normalized spacial score (nSPS) is 10.8. The Morgan fingerprint density at radius 1 is 0.846 bits per heavy atom. The number of halogens is 1. The van der Waals surface area contributed by atoms with Crippen molar-refractivity contribution in [3.8, 4) is 17.1 Å². The third kappa shape index (κ3) is 3.30. The minimum atomic E-state index is -0.310. The lowest BCUT2D eigenvalue weighted by atomic mass is 10.1. The zero-order valence-corrected chi connectivity index (χ0v) is 13.7. The van der Waals surface area contributed by atoms with Gasteiger partial charge in [0.25, 0.3) is 0 Å². The lowest BCUT2D eigenvalue weighted by Gasteiger charge is -2.08. The second-order valence-corrected chi connectivity index (χ2v) is 5.78. The van der Waals surface area contributed by atoms with Crippen LogP contribution in [0.15, 0.2) is 66.7 Å². The number of nitrogens with zero attached hydrogens (tertiary/aromatic N) is 3. The summed E-state index contributed by atoms with van der Waals surface area (Å²) in [6, 6.07) is 19.4. The van der Waals surface area contributed by atoms with Gasteiger partial charge in [0, 0.05) is 12.1 Å². The van der Waals surface area contributed by atoms with E-state index >= 15 is 0 Å². The van der Waals surface area contributed by atoms with Crippen LogP contribution >= 0.6 is 0 Å².